The number of dihydropyridines is 1. The molecule has 7 heteroatoms. The fourth-order valence-corrected chi connectivity index (χ4v) is 5.11. The number of hydrogen-bond acceptors (Lipinski definition) is 7. The number of Topliss-reactive ketones (excluding diaryl/α,β-unsaturated/α-hetero) is 2. The van der Waals surface area contributed by atoms with E-state index in [0.29, 0.717) is 29.4 Å². The van der Waals surface area contributed by atoms with Gasteiger partial charge in [0.2, 0.25) is 0 Å². The van der Waals surface area contributed by atoms with Gasteiger partial charge in [-0.15, -0.1) is 11.3 Å². The maximum absolute atomic E-state index is 13.2. The highest BCUT2D eigenvalue weighted by Gasteiger charge is 2.40. The van der Waals surface area contributed by atoms with Crippen molar-refractivity contribution in [1.29, 1.82) is 5.26 Å². The summed E-state index contributed by atoms with van der Waals surface area (Å²) < 4.78 is 6.35. The summed E-state index contributed by atoms with van der Waals surface area (Å²) >= 11 is 1.39. The van der Waals surface area contributed by atoms with Gasteiger partial charge in [0.05, 0.1) is 34.1 Å². The summed E-state index contributed by atoms with van der Waals surface area (Å²) in [7, 11) is 0. The number of ether oxygens (including phenoxy) is 1. The highest BCUT2D eigenvalue weighted by molar-refractivity contribution is 7.17. The Kier molecular flexibility index (Phi) is 5.50. The van der Waals surface area contributed by atoms with Crippen molar-refractivity contribution in [1.82, 2.24) is 5.32 Å². The zero-order chi connectivity index (χ0) is 22.3. The highest BCUT2D eigenvalue weighted by Crippen LogP contribution is 2.44. The van der Waals surface area contributed by atoms with E-state index in [0.717, 1.165) is 28.5 Å². The van der Waals surface area contributed by atoms with E-state index in [1.807, 2.05) is 11.4 Å². The molecule has 1 fully saturated rings. The quantitative estimate of drug-likeness (QED) is 0.687. The Morgan fingerprint density at radius 2 is 1.94 bits per heavy atom. The molecule has 2 aliphatic rings. The Morgan fingerprint density at radius 3 is 2.55 bits per heavy atom. The fourth-order valence-electron chi connectivity index (χ4n) is 4.05. The summed E-state index contributed by atoms with van der Waals surface area (Å²) in [5, 5.41) is 15.1. The fraction of sp³-hybridized carbons (Fsp3) is 0.333. The number of nitrogens with zero attached hydrogens (tertiary/aromatic N) is 1. The highest BCUT2D eigenvalue weighted by atomic mass is 32.1. The number of carbonyl (C=O) groups is 3. The first-order valence-corrected chi connectivity index (χ1v) is 11.0. The van der Waals surface area contributed by atoms with Gasteiger partial charge in [0.1, 0.15) is 6.07 Å². The lowest BCUT2D eigenvalue weighted by Crippen LogP contribution is -2.34. The number of nitriles is 1. The third kappa shape index (κ3) is 3.79. The molecule has 4 rings (SSSR count). The molecule has 1 atom stereocenters. The van der Waals surface area contributed by atoms with Crippen molar-refractivity contribution in [2.24, 2.45) is 5.92 Å². The van der Waals surface area contributed by atoms with Crippen LogP contribution in [0.3, 0.4) is 0 Å². The molecule has 0 radical (unpaired) electrons. The predicted molar refractivity (Wildman–Crippen MR) is 117 cm³/mol. The van der Waals surface area contributed by atoms with Crippen molar-refractivity contribution < 1.29 is 19.1 Å². The van der Waals surface area contributed by atoms with Gasteiger partial charge in [0.15, 0.2) is 11.6 Å². The second kappa shape index (κ2) is 8.12. The maximum Gasteiger partial charge on any atom is 0.337 e. The van der Waals surface area contributed by atoms with E-state index in [4.69, 9.17) is 4.74 Å². The summed E-state index contributed by atoms with van der Waals surface area (Å²) in [5.41, 5.74) is 2.53. The third-order valence-corrected chi connectivity index (χ3v) is 6.77. The molecule has 1 aliphatic heterocycles. The van der Waals surface area contributed by atoms with Crippen LogP contribution in [0.5, 0.6) is 0 Å². The molecule has 0 bridgehead atoms. The largest absolute Gasteiger partial charge is 0.462 e. The van der Waals surface area contributed by atoms with Gasteiger partial charge in [-0.1, -0.05) is 12.1 Å². The lowest BCUT2D eigenvalue weighted by Gasteiger charge is -2.30. The standard InChI is InChI=1S/C24H22N2O4S/c1-12-19(13(2)27)20(18-11-31-23-16(9-25)5-4-6-17(18)23)21(22(26-12)14(3)28)24(29)30-10-15-7-8-15/h4-6,11,15,20,26H,7-8,10H2,1-3H3. The number of hydrogen-bond donors (Lipinski definition) is 1. The first kappa shape index (κ1) is 21.0. The number of nitrogens with one attached hydrogen (secondary N) is 1. The van der Waals surface area contributed by atoms with E-state index in [1.165, 1.54) is 25.2 Å². The zero-order valence-corrected chi connectivity index (χ0v) is 18.4. The average molecular weight is 435 g/mol. The first-order chi connectivity index (χ1) is 14.8. The van der Waals surface area contributed by atoms with Gasteiger partial charge in [-0.25, -0.2) is 4.79 Å². The topological polar surface area (TPSA) is 96.3 Å². The van der Waals surface area contributed by atoms with Gasteiger partial charge < -0.3 is 10.1 Å². The minimum atomic E-state index is -0.743. The number of ketones is 2. The van der Waals surface area contributed by atoms with Crippen molar-refractivity contribution in [2.75, 3.05) is 6.61 Å². The number of fused-ring (bicyclic) bond motifs is 1. The Labute approximate surface area is 184 Å². The minimum absolute atomic E-state index is 0.157. The molecular weight excluding hydrogens is 412 g/mol. The van der Waals surface area contributed by atoms with E-state index in [1.54, 1.807) is 19.1 Å². The Hall–Kier alpha value is -3.24. The van der Waals surface area contributed by atoms with E-state index in [-0.39, 0.29) is 22.8 Å². The van der Waals surface area contributed by atoms with Crippen LogP contribution in [-0.4, -0.2) is 24.1 Å². The van der Waals surface area contributed by atoms with Crippen molar-refractivity contribution in [2.45, 2.75) is 39.5 Å². The van der Waals surface area contributed by atoms with Crippen LogP contribution in [0, 0.1) is 17.2 Å². The summed E-state index contributed by atoms with van der Waals surface area (Å²) in [6.45, 7) is 4.88. The maximum atomic E-state index is 13.2. The smallest absolute Gasteiger partial charge is 0.337 e. The summed E-state index contributed by atoms with van der Waals surface area (Å²) in [6, 6.07) is 7.58. The number of allylic oxidation sites excluding steroid dienone is 3. The Balaban J connectivity index is 1.93. The molecule has 6 nitrogen and oxygen atoms in total. The van der Waals surface area contributed by atoms with Crippen LogP contribution in [0.2, 0.25) is 0 Å². The lowest BCUT2D eigenvalue weighted by molar-refractivity contribution is -0.140. The van der Waals surface area contributed by atoms with Gasteiger partial charge in [-0.05, 0) is 55.0 Å². The molecule has 158 valence electrons. The van der Waals surface area contributed by atoms with Gasteiger partial charge >= 0.3 is 5.97 Å². The van der Waals surface area contributed by atoms with Crippen molar-refractivity contribution >= 4 is 39.0 Å². The molecule has 2 heterocycles. The molecule has 1 N–H and O–H groups in total. The van der Waals surface area contributed by atoms with Crippen molar-refractivity contribution in [3.63, 3.8) is 0 Å². The van der Waals surface area contributed by atoms with Crippen LogP contribution < -0.4 is 5.32 Å². The summed E-state index contributed by atoms with van der Waals surface area (Å²) in [6.07, 6.45) is 2.05. The summed E-state index contributed by atoms with van der Waals surface area (Å²) in [5.74, 6) is -1.46. The van der Waals surface area contributed by atoms with Crippen LogP contribution in [0.15, 0.2) is 46.1 Å². The molecule has 2 aromatic rings. The van der Waals surface area contributed by atoms with Crippen molar-refractivity contribution in [3.8, 4) is 6.07 Å². The van der Waals surface area contributed by atoms with E-state index >= 15 is 0 Å². The van der Waals surface area contributed by atoms with Gasteiger partial charge in [-0.3, -0.25) is 9.59 Å². The molecule has 0 saturated heterocycles. The Morgan fingerprint density at radius 1 is 1.19 bits per heavy atom. The summed E-state index contributed by atoms with van der Waals surface area (Å²) in [4.78, 5) is 38.4. The first-order valence-electron chi connectivity index (χ1n) is 10.1. The molecule has 0 amide bonds. The number of carbonyl (C=O) groups excluding carboxylic acids is 3. The number of rotatable bonds is 6. The normalized spacial score (nSPS) is 18.6. The molecule has 1 unspecified atom stereocenters. The molecule has 1 aromatic carbocycles. The molecule has 1 aliphatic carbocycles. The Bertz CT molecular complexity index is 1220. The SMILES string of the molecule is CC(=O)C1=C(C(=O)OCC2CC2)C(c2csc3c(C#N)cccc23)C(C(C)=O)=C(C)N1. The van der Waals surface area contributed by atoms with Gasteiger partial charge in [-0.2, -0.15) is 5.26 Å². The minimum Gasteiger partial charge on any atom is -0.462 e. The monoisotopic (exact) mass is 434 g/mol. The molecule has 31 heavy (non-hydrogen) atoms. The molecular formula is C24H22N2O4S. The van der Waals surface area contributed by atoms with Crippen LogP contribution in [0.25, 0.3) is 10.1 Å². The van der Waals surface area contributed by atoms with Crippen LogP contribution >= 0.6 is 11.3 Å². The zero-order valence-electron chi connectivity index (χ0n) is 17.6. The third-order valence-electron chi connectivity index (χ3n) is 5.72. The van der Waals surface area contributed by atoms with Crippen LogP contribution in [0.4, 0.5) is 0 Å². The van der Waals surface area contributed by atoms with Gasteiger partial charge in [0, 0.05) is 18.2 Å². The second-order valence-corrected chi connectivity index (χ2v) is 8.90. The van der Waals surface area contributed by atoms with Crippen LogP contribution in [-0.2, 0) is 19.1 Å². The average Bonchev–Trinajstić information content (AvgIpc) is 3.47. The van der Waals surface area contributed by atoms with E-state index in [9.17, 15) is 19.6 Å². The van der Waals surface area contributed by atoms with E-state index in [2.05, 4.69) is 11.4 Å². The number of esters is 1. The second-order valence-electron chi connectivity index (χ2n) is 8.02. The number of thiophene rings is 1. The molecule has 1 aromatic heterocycles. The predicted octanol–water partition coefficient (Wildman–Crippen LogP) is 4.12. The van der Waals surface area contributed by atoms with Crippen molar-refractivity contribution in [3.05, 3.63) is 57.2 Å². The molecule has 0 spiro atoms. The molecule has 1 saturated carbocycles. The lowest BCUT2D eigenvalue weighted by atomic mass is 9.78. The van der Waals surface area contributed by atoms with E-state index < -0.39 is 11.9 Å². The van der Waals surface area contributed by atoms with Crippen LogP contribution in [0.1, 0.15) is 50.7 Å². The van der Waals surface area contributed by atoms with Gasteiger partial charge in [0.25, 0.3) is 0 Å². The number of benzene rings is 1.